The molecule has 14 heavy (non-hydrogen) atoms. The van der Waals surface area contributed by atoms with Gasteiger partial charge >= 0.3 is 0 Å². The van der Waals surface area contributed by atoms with Gasteiger partial charge in [-0.05, 0) is 40.3 Å². The molecule has 1 saturated heterocycles. The Morgan fingerprint density at radius 1 is 1.57 bits per heavy atom. The van der Waals surface area contributed by atoms with E-state index in [9.17, 15) is 0 Å². The van der Waals surface area contributed by atoms with Crippen LogP contribution in [0.2, 0.25) is 0 Å². The Morgan fingerprint density at radius 2 is 2.36 bits per heavy atom. The van der Waals surface area contributed by atoms with Gasteiger partial charge in [0.25, 0.3) is 0 Å². The fourth-order valence-corrected chi connectivity index (χ4v) is 2.37. The van der Waals surface area contributed by atoms with Crippen molar-refractivity contribution in [3.63, 3.8) is 0 Å². The number of piperidine rings is 1. The summed E-state index contributed by atoms with van der Waals surface area (Å²) in [7, 11) is 1.99. The van der Waals surface area contributed by atoms with E-state index in [1.807, 2.05) is 7.05 Å². The lowest BCUT2D eigenvalue weighted by atomic mass is 9.83. The van der Waals surface area contributed by atoms with Crippen molar-refractivity contribution in [3.05, 3.63) is 0 Å². The van der Waals surface area contributed by atoms with Crippen molar-refractivity contribution in [2.75, 3.05) is 33.3 Å². The van der Waals surface area contributed by atoms with Gasteiger partial charge in [-0.1, -0.05) is 0 Å². The number of hydrogen-bond donors (Lipinski definition) is 2. The van der Waals surface area contributed by atoms with Crippen LogP contribution < -0.4 is 10.6 Å². The summed E-state index contributed by atoms with van der Waals surface area (Å²) < 4.78 is 5.91. The van der Waals surface area contributed by atoms with E-state index in [1.54, 1.807) is 0 Å². The zero-order chi connectivity index (χ0) is 10.4. The van der Waals surface area contributed by atoms with E-state index in [0.717, 1.165) is 26.2 Å². The Bertz CT molecular complexity index is 149. The summed E-state index contributed by atoms with van der Waals surface area (Å²) in [6.07, 6.45) is 2.56. The van der Waals surface area contributed by atoms with Gasteiger partial charge in [0.1, 0.15) is 0 Å². The normalized spacial score (nSPS) is 27.2. The number of nitrogens with one attached hydrogen (secondary N) is 2. The Hall–Kier alpha value is -0.120. The predicted molar refractivity (Wildman–Crippen MR) is 59.6 cm³/mol. The van der Waals surface area contributed by atoms with Crippen molar-refractivity contribution < 1.29 is 4.74 Å². The first-order chi connectivity index (χ1) is 6.73. The molecule has 2 N–H and O–H groups in total. The molecule has 3 heteroatoms. The third-order valence-electron chi connectivity index (χ3n) is 3.16. The van der Waals surface area contributed by atoms with E-state index in [-0.39, 0.29) is 5.60 Å². The average Bonchev–Trinajstić information content (AvgIpc) is 2.20. The van der Waals surface area contributed by atoms with Crippen LogP contribution in [0.5, 0.6) is 0 Å². The molecule has 1 aliphatic heterocycles. The minimum absolute atomic E-state index is 0.00306. The minimum atomic E-state index is -0.00306. The highest BCUT2D eigenvalue weighted by Crippen LogP contribution is 2.27. The van der Waals surface area contributed by atoms with Gasteiger partial charge in [-0.3, -0.25) is 0 Å². The first-order valence-corrected chi connectivity index (χ1v) is 5.72. The zero-order valence-corrected chi connectivity index (χ0v) is 9.73. The SMILES string of the molecule is CCOC(C)(CNC)C1CCCNC1. The fourth-order valence-electron chi connectivity index (χ4n) is 2.37. The predicted octanol–water partition coefficient (Wildman–Crippen LogP) is 1.00. The van der Waals surface area contributed by atoms with Crippen LogP contribution in [0, 0.1) is 5.92 Å². The molecule has 1 heterocycles. The summed E-state index contributed by atoms with van der Waals surface area (Å²) in [5.74, 6) is 0.642. The molecule has 1 rings (SSSR count). The van der Waals surface area contributed by atoms with Crippen LogP contribution in [0.3, 0.4) is 0 Å². The Morgan fingerprint density at radius 3 is 2.86 bits per heavy atom. The summed E-state index contributed by atoms with van der Waals surface area (Å²) in [5.41, 5.74) is -0.00306. The molecule has 0 saturated carbocycles. The second kappa shape index (κ2) is 5.69. The molecule has 1 aliphatic rings. The maximum atomic E-state index is 5.91. The third-order valence-corrected chi connectivity index (χ3v) is 3.16. The molecule has 0 radical (unpaired) electrons. The summed E-state index contributed by atoms with van der Waals surface area (Å²) in [6.45, 7) is 8.30. The molecule has 0 bridgehead atoms. The van der Waals surface area contributed by atoms with E-state index in [1.165, 1.54) is 12.8 Å². The third kappa shape index (κ3) is 2.94. The Balaban J connectivity index is 2.54. The van der Waals surface area contributed by atoms with E-state index in [0.29, 0.717) is 5.92 Å². The van der Waals surface area contributed by atoms with Crippen LogP contribution in [0.1, 0.15) is 26.7 Å². The van der Waals surface area contributed by atoms with E-state index in [2.05, 4.69) is 24.5 Å². The summed E-state index contributed by atoms with van der Waals surface area (Å²) in [4.78, 5) is 0. The molecule has 2 unspecified atom stereocenters. The molecule has 0 spiro atoms. The van der Waals surface area contributed by atoms with Crippen LogP contribution in [0.15, 0.2) is 0 Å². The van der Waals surface area contributed by atoms with Crippen molar-refractivity contribution in [1.29, 1.82) is 0 Å². The molecule has 0 amide bonds. The molecule has 0 aromatic rings. The second-order valence-corrected chi connectivity index (χ2v) is 4.32. The van der Waals surface area contributed by atoms with Gasteiger partial charge in [-0.2, -0.15) is 0 Å². The van der Waals surface area contributed by atoms with Crippen LogP contribution in [-0.4, -0.2) is 38.9 Å². The van der Waals surface area contributed by atoms with Gasteiger partial charge in [0.2, 0.25) is 0 Å². The largest absolute Gasteiger partial charge is 0.374 e. The van der Waals surface area contributed by atoms with Crippen molar-refractivity contribution >= 4 is 0 Å². The van der Waals surface area contributed by atoms with Crippen molar-refractivity contribution in [1.82, 2.24) is 10.6 Å². The van der Waals surface area contributed by atoms with Gasteiger partial charge in [0, 0.05) is 25.6 Å². The lowest BCUT2D eigenvalue weighted by molar-refractivity contribution is -0.0715. The number of likely N-dealkylation sites (N-methyl/N-ethyl adjacent to an activating group) is 1. The number of ether oxygens (including phenoxy) is 1. The summed E-state index contributed by atoms with van der Waals surface area (Å²) in [5, 5.41) is 6.69. The molecule has 0 aromatic carbocycles. The number of rotatable bonds is 5. The average molecular weight is 200 g/mol. The molecule has 2 atom stereocenters. The molecular formula is C11H24N2O. The lowest BCUT2D eigenvalue weighted by Gasteiger charge is -2.39. The molecule has 1 fully saturated rings. The highest BCUT2D eigenvalue weighted by molar-refractivity contribution is 4.89. The second-order valence-electron chi connectivity index (χ2n) is 4.32. The quantitative estimate of drug-likeness (QED) is 0.694. The van der Waals surface area contributed by atoms with E-state index in [4.69, 9.17) is 4.74 Å². The first-order valence-electron chi connectivity index (χ1n) is 5.72. The Kier molecular flexibility index (Phi) is 4.85. The van der Waals surface area contributed by atoms with Gasteiger partial charge in [-0.25, -0.2) is 0 Å². The van der Waals surface area contributed by atoms with Gasteiger partial charge in [-0.15, -0.1) is 0 Å². The molecule has 0 aromatic heterocycles. The van der Waals surface area contributed by atoms with Crippen LogP contribution in [0.25, 0.3) is 0 Å². The summed E-state index contributed by atoms with van der Waals surface area (Å²) >= 11 is 0. The van der Waals surface area contributed by atoms with Crippen molar-refractivity contribution in [2.45, 2.75) is 32.3 Å². The van der Waals surface area contributed by atoms with Crippen molar-refractivity contribution in [2.24, 2.45) is 5.92 Å². The minimum Gasteiger partial charge on any atom is -0.374 e. The maximum absolute atomic E-state index is 5.91. The van der Waals surface area contributed by atoms with Crippen LogP contribution in [0.4, 0.5) is 0 Å². The number of hydrogen-bond acceptors (Lipinski definition) is 3. The zero-order valence-electron chi connectivity index (χ0n) is 9.73. The molecular weight excluding hydrogens is 176 g/mol. The van der Waals surface area contributed by atoms with Crippen LogP contribution in [-0.2, 0) is 4.74 Å². The smallest absolute Gasteiger partial charge is 0.0818 e. The first kappa shape index (κ1) is 12.0. The van der Waals surface area contributed by atoms with Gasteiger partial charge < -0.3 is 15.4 Å². The highest BCUT2D eigenvalue weighted by Gasteiger charge is 2.34. The van der Waals surface area contributed by atoms with E-state index < -0.39 is 0 Å². The standard InChI is InChI=1S/C11H24N2O/c1-4-14-11(2,9-12-3)10-6-5-7-13-8-10/h10,12-13H,4-9H2,1-3H3. The van der Waals surface area contributed by atoms with Crippen LogP contribution >= 0.6 is 0 Å². The Labute approximate surface area is 87.6 Å². The van der Waals surface area contributed by atoms with Gasteiger partial charge in [0.05, 0.1) is 5.60 Å². The molecule has 84 valence electrons. The van der Waals surface area contributed by atoms with E-state index >= 15 is 0 Å². The molecule has 3 nitrogen and oxygen atoms in total. The highest BCUT2D eigenvalue weighted by atomic mass is 16.5. The monoisotopic (exact) mass is 200 g/mol. The van der Waals surface area contributed by atoms with Gasteiger partial charge in [0.15, 0.2) is 0 Å². The maximum Gasteiger partial charge on any atom is 0.0818 e. The molecule has 0 aliphatic carbocycles. The lowest BCUT2D eigenvalue weighted by Crippen LogP contribution is -2.51. The fraction of sp³-hybridized carbons (Fsp3) is 1.00. The topological polar surface area (TPSA) is 33.3 Å². The summed E-state index contributed by atoms with van der Waals surface area (Å²) in [6, 6.07) is 0. The van der Waals surface area contributed by atoms with Crippen molar-refractivity contribution in [3.8, 4) is 0 Å².